The minimum atomic E-state index is -2.85. The second-order valence-electron chi connectivity index (χ2n) is 10.3. The van der Waals surface area contributed by atoms with Gasteiger partial charge in [-0.2, -0.15) is 5.10 Å². The predicted molar refractivity (Wildman–Crippen MR) is 156 cm³/mol. The van der Waals surface area contributed by atoms with Gasteiger partial charge >= 0.3 is 0 Å². The van der Waals surface area contributed by atoms with Gasteiger partial charge in [-0.1, -0.05) is 6.07 Å². The van der Waals surface area contributed by atoms with E-state index in [1.54, 1.807) is 36.1 Å². The second-order valence-corrected chi connectivity index (χ2v) is 10.3. The first-order chi connectivity index (χ1) is 20.9. The third-order valence-corrected chi connectivity index (χ3v) is 7.59. The van der Waals surface area contributed by atoms with Crippen LogP contribution in [0.2, 0.25) is 0 Å². The quantitative estimate of drug-likeness (QED) is 0.275. The summed E-state index contributed by atoms with van der Waals surface area (Å²) in [6.07, 6.45) is 3.59. The molecule has 7 rings (SSSR count). The number of nitrogens with two attached hydrogens (primary N) is 1. The molecule has 1 aliphatic rings. The normalized spacial score (nSPS) is 14.4. The molecule has 5 heterocycles. The van der Waals surface area contributed by atoms with Gasteiger partial charge in [0.2, 0.25) is 0 Å². The number of anilines is 1. The number of imidazole rings is 1. The number of benzene rings is 1. The summed E-state index contributed by atoms with van der Waals surface area (Å²) in [7, 11) is 0. The van der Waals surface area contributed by atoms with Crippen molar-refractivity contribution in [3.63, 3.8) is 0 Å². The molecule has 10 nitrogen and oxygen atoms in total. The number of nitrogen functional groups attached to an aromatic ring is 1. The van der Waals surface area contributed by atoms with Crippen LogP contribution in [0.25, 0.3) is 34.1 Å². The van der Waals surface area contributed by atoms with Crippen LogP contribution in [-0.4, -0.2) is 40.2 Å². The zero-order valence-corrected chi connectivity index (χ0v) is 22.9. The summed E-state index contributed by atoms with van der Waals surface area (Å²) < 4.78 is 30.9. The Balaban J connectivity index is 1.29. The van der Waals surface area contributed by atoms with E-state index in [1.165, 1.54) is 6.07 Å². The Hall–Kier alpha value is -5.52. The van der Waals surface area contributed by atoms with Gasteiger partial charge in [0.05, 0.1) is 17.2 Å². The number of carbonyl (C=O) groups is 1. The van der Waals surface area contributed by atoms with E-state index < -0.39 is 18.0 Å². The van der Waals surface area contributed by atoms with Crippen molar-refractivity contribution in [2.45, 2.75) is 32.2 Å². The van der Waals surface area contributed by atoms with Crippen molar-refractivity contribution in [2.75, 3.05) is 5.73 Å². The van der Waals surface area contributed by atoms with Crippen LogP contribution in [0.15, 0.2) is 79.3 Å². The molecule has 0 fully saturated rings. The van der Waals surface area contributed by atoms with Crippen LogP contribution < -0.4 is 11.1 Å². The molecule has 1 amide bonds. The smallest absolute Gasteiger partial charge is 0.281 e. The highest BCUT2D eigenvalue weighted by molar-refractivity contribution is 5.95. The monoisotopic (exact) mass is 577 g/mol. The van der Waals surface area contributed by atoms with Crippen molar-refractivity contribution in [1.29, 1.82) is 0 Å². The van der Waals surface area contributed by atoms with E-state index in [0.29, 0.717) is 52.7 Å². The topological polar surface area (TPSA) is 129 Å². The zero-order chi connectivity index (χ0) is 29.7. The van der Waals surface area contributed by atoms with E-state index in [-0.39, 0.29) is 11.6 Å². The Morgan fingerprint density at radius 2 is 1.93 bits per heavy atom. The molecule has 0 radical (unpaired) electrons. The molecule has 0 saturated heterocycles. The number of rotatable bonds is 6. The van der Waals surface area contributed by atoms with Crippen molar-refractivity contribution in [3.05, 3.63) is 107 Å². The first-order valence-electron chi connectivity index (χ1n) is 13.7. The summed E-state index contributed by atoms with van der Waals surface area (Å²) in [6.45, 7) is 1.61. The molecule has 0 bridgehead atoms. The SMILES string of the molecule is Cc1ccc(C(=O)N[C@H]2CCc3cc(-n4c(-c5cccnc5N)nc5ccc(-n6cccn6)nc54)ccc32)c(C(F)F)n1. The number of carbonyl (C=O) groups excluding carboxylic acids is 1. The van der Waals surface area contributed by atoms with Gasteiger partial charge in [0, 0.05) is 30.0 Å². The molecule has 6 aromatic rings. The third-order valence-electron chi connectivity index (χ3n) is 7.59. The largest absolute Gasteiger partial charge is 0.383 e. The fourth-order valence-corrected chi connectivity index (χ4v) is 5.58. The molecule has 0 spiro atoms. The van der Waals surface area contributed by atoms with Crippen LogP contribution in [-0.2, 0) is 6.42 Å². The Morgan fingerprint density at radius 1 is 1.05 bits per heavy atom. The van der Waals surface area contributed by atoms with Crippen LogP contribution in [0.4, 0.5) is 14.6 Å². The number of nitrogens with one attached hydrogen (secondary N) is 1. The fraction of sp³-hybridized carbons (Fsp3) is 0.161. The maximum atomic E-state index is 13.6. The Morgan fingerprint density at radius 3 is 2.72 bits per heavy atom. The van der Waals surface area contributed by atoms with Crippen molar-refractivity contribution in [2.24, 2.45) is 0 Å². The molecule has 0 unspecified atom stereocenters. The minimum absolute atomic E-state index is 0.117. The lowest BCUT2D eigenvalue weighted by Gasteiger charge is -2.17. The molecule has 0 aliphatic heterocycles. The van der Waals surface area contributed by atoms with E-state index in [0.717, 1.165) is 16.8 Å². The fourth-order valence-electron chi connectivity index (χ4n) is 5.58. The van der Waals surface area contributed by atoms with Gasteiger partial charge in [0.15, 0.2) is 17.3 Å². The molecule has 1 atom stereocenters. The number of fused-ring (bicyclic) bond motifs is 2. The van der Waals surface area contributed by atoms with Crippen LogP contribution >= 0.6 is 0 Å². The van der Waals surface area contributed by atoms with Crippen molar-refractivity contribution in [3.8, 4) is 22.9 Å². The van der Waals surface area contributed by atoms with Gasteiger partial charge in [0.1, 0.15) is 17.0 Å². The average Bonchev–Trinajstić information content (AvgIpc) is 3.76. The molecular formula is C31H25F2N9O. The van der Waals surface area contributed by atoms with E-state index in [1.807, 2.05) is 53.2 Å². The highest BCUT2D eigenvalue weighted by Crippen LogP contribution is 2.36. The lowest BCUT2D eigenvalue weighted by molar-refractivity contribution is 0.0920. The Kier molecular flexibility index (Phi) is 6.38. The highest BCUT2D eigenvalue weighted by atomic mass is 19.3. The number of nitrogens with zero attached hydrogens (tertiary/aromatic N) is 7. The van der Waals surface area contributed by atoms with Gasteiger partial charge in [-0.3, -0.25) is 14.3 Å². The summed E-state index contributed by atoms with van der Waals surface area (Å²) >= 11 is 0. The van der Waals surface area contributed by atoms with Crippen LogP contribution in [0.1, 0.15) is 51.8 Å². The van der Waals surface area contributed by atoms with Crippen LogP contribution in [0.3, 0.4) is 0 Å². The van der Waals surface area contributed by atoms with E-state index in [4.69, 9.17) is 15.7 Å². The molecule has 3 N–H and O–H groups in total. The van der Waals surface area contributed by atoms with Crippen LogP contribution in [0, 0.1) is 6.92 Å². The van der Waals surface area contributed by atoms with Gasteiger partial charge < -0.3 is 11.1 Å². The predicted octanol–water partition coefficient (Wildman–Crippen LogP) is 5.31. The summed E-state index contributed by atoms with van der Waals surface area (Å²) in [6, 6.07) is 17.8. The van der Waals surface area contributed by atoms with E-state index >= 15 is 0 Å². The Bertz CT molecular complexity index is 2000. The molecular weight excluding hydrogens is 552 g/mol. The van der Waals surface area contributed by atoms with Gasteiger partial charge in [-0.25, -0.2) is 28.4 Å². The number of amides is 1. The molecule has 214 valence electrons. The van der Waals surface area contributed by atoms with E-state index in [9.17, 15) is 13.6 Å². The molecule has 1 aliphatic carbocycles. The van der Waals surface area contributed by atoms with Gasteiger partial charge in [-0.05, 0) is 85.5 Å². The van der Waals surface area contributed by atoms with Crippen LogP contribution in [0.5, 0.6) is 0 Å². The van der Waals surface area contributed by atoms with Crippen molar-refractivity contribution < 1.29 is 13.6 Å². The van der Waals surface area contributed by atoms with Gasteiger partial charge in [0.25, 0.3) is 12.3 Å². The first-order valence-corrected chi connectivity index (χ1v) is 13.7. The standard InChI is InChI=1S/C31H25F2N9O/c1-17-5-8-21(26(37-17)27(32)33)31(43)39-23-10-6-18-16-19(7-9-20(18)23)42-29(22-4-2-13-35-28(22)34)38-24-11-12-25(40-30(24)42)41-15-3-14-36-41/h2-5,7-9,11-16,23,27H,6,10H2,1H3,(H2,34,35)(H,39,43)/t23-/m0/s1. The van der Waals surface area contributed by atoms with Crippen molar-refractivity contribution in [1.82, 2.24) is 39.6 Å². The molecule has 1 aromatic carbocycles. The molecule has 5 aromatic heterocycles. The molecule has 0 saturated carbocycles. The number of alkyl halides is 2. The van der Waals surface area contributed by atoms with E-state index in [2.05, 4.69) is 20.4 Å². The lowest BCUT2D eigenvalue weighted by Crippen LogP contribution is -2.28. The summed E-state index contributed by atoms with van der Waals surface area (Å²) in [5.41, 5.74) is 10.8. The third kappa shape index (κ3) is 4.66. The summed E-state index contributed by atoms with van der Waals surface area (Å²) in [4.78, 5) is 31.0. The lowest BCUT2D eigenvalue weighted by atomic mass is 10.1. The Labute approximate surface area is 244 Å². The number of hydrogen-bond donors (Lipinski definition) is 2. The maximum absolute atomic E-state index is 13.6. The maximum Gasteiger partial charge on any atom is 0.281 e. The summed E-state index contributed by atoms with van der Waals surface area (Å²) in [5.74, 6) is 0.973. The highest BCUT2D eigenvalue weighted by Gasteiger charge is 2.28. The minimum Gasteiger partial charge on any atom is -0.383 e. The zero-order valence-electron chi connectivity index (χ0n) is 22.9. The van der Waals surface area contributed by atoms with Gasteiger partial charge in [-0.15, -0.1) is 0 Å². The average molecular weight is 578 g/mol. The summed E-state index contributed by atoms with van der Waals surface area (Å²) in [5, 5.41) is 7.25. The number of halogens is 2. The van der Waals surface area contributed by atoms with Crippen molar-refractivity contribution >= 4 is 22.9 Å². The number of aryl methyl sites for hydroxylation is 2. The number of aromatic nitrogens is 7. The second kappa shape index (κ2) is 10.4. The number of hydrogen-bond acceptors (Lipinski definition) is 7. The first kappa shape index (κ1) is 26.4. The number of pyridine rings is 3. The molecule has 12 heteroatoms. The molecule has 43 heavy (non-hydrogen) atoms.